The topological polar surface area (TPSA) is 40.5 Å². The molecule has 0 bridgehead atoms. The fourth-order valence-corrected chi connectivity index (χ4v) is 1.89. The Kier molecular flexibility index (Phi) is 3.37. The van der Waals surface area contributed by atoms with Crippen molar-refractivity contribution in [3.8, 4) is 17.2 Å². The summed E-state index contributed by atoms with van der Waals surface area (Å²) in [5, 5.41) is 0. The number of ether oxygens (including phenoxy) is 2. The van der Waals surface area contributed by atoms with E-state index in [1.54, 1.807) is 13.3 Å². The van der Waals surface area contributed by atoms with Crippen molar-refractivity contribution in [1.82, 2.24) is 4.57 Å². The molecule has 0 saturated carbocycles. The fourth-order valence-electron chi connectivity index (χ4n) is 1.89. The molecule has 0 spiro atoms. The summed E-state index contributed by atoms with van der Waals surface area (Å²) in [6.07, 6.45) is 1.74. The van der Waals surface area contributed by atoms with Gasteiger partial charge in [0, 0.05) is 18.0 Å². The van der Waals surface area contributed by atoms with Crippen LogP contribution < -0.4 is 14.9 Å². The Labute approximate surface area is 105 Å². The Morgan fingerprint density at radius 2 is 1.67 bits per heavy atom. The predicted octanol–water partition coefficient (Wildman–Crippen LogP) is 2.16. The molecule has 0 atom stereocenters. The van der Waals surface area contributed by atoms with Crippen LogP contribution in [0.2, 0.25) is 0 Å². The highest BCUT2D eigenvalue weighted by Crippen LogP contribution is 2.19. The summed E-state index contributed by atoms with van der Waals surface area (Å²) >= 11 is 0. The Morgan fingerprint density at radius 1 is 1.00 bits per heavy atom. The molecule has 94 valence electrons. The number of rotatable bonds is 3. The van der Waals surface area contributed by atoms with Gasteiger partial charge >= 0.3 is 0 Å². The first-order valence-electron chi connectivity index (χ1n) is 5.58. The zero-order valence-corrected chi connectivity index (χ0v) is 10.6. The van der Waals surface area contributed by atoms with E-state index in [9.17, 15) is 4.79 Å². The van der Waals surface area contributed by atoms with Crippen LogP contribution in [-0.4, -0.2) is 18.8 Å². The van der Waals surface area contributed by atoms with E-state index in [2.05, 4.69) is 0 Å². The molecule has 0 aliphatic rings. The van der Waals surface area contributed by atoms with Crippen LogP contribution in [0, 0.1) is 6.92 Å². The standard InChI is InChI=1S/C14H15NO3/c1-10-14(18-3)13(16)8-9-15(10)11-4-6-12(17-2)7-5-11/h4-9H,1-3H3. The summed E-state index contributed by atoms with van der Waals surface area (Å²) in [7, 11) is 3.13. The van der Waals surface area contributed by atoms with Gasteiger partial charge in [-0.15, -0.1) is 0 Å². The van der Waals surface area contributed by atoms with Gasteiger partial charge in [-0.25, -0.2) is 0 Å². The van der Waals surface area contributed by atoms with Crippen LogP contribution in [-0.2, 0) is 0 Å². The normalized spacial score (nSPS) is 10.2. The molecule has 2 aromatic rings. The van der Waals surface area contributed by atoms with Gasteiger partial charge in [-0.3, -0.25) is 4.79 Å². The molecule has 1 aromatic heterocycles. The van der Waals surface area contributed by atoms with Crippen LogP contribution in [0.4, 0.5) is 0 Å². The van der Waals surface area contributed by atoms with Crippen LogP contribution in [0.25, 0.3) is 5.69 Å². The van der Waals surface area contributed by atoms with Gasteiger partial charge in [-0.05, 0) is 31.2 Å². The largest absolute Gasteiger partial charge is 0.497 e. The lowest BCUT2D eigenvalue weighted by Gasteiger charge is -2.13. The molecule has 0 amide bonds. The van der Waals surface area contributed by atoms with Gasteiger partial charge in [0.2, 0.25) is 5.43 Å². The second-order valence-corrected chi connectivity index (χ2v) is 3.87. The van der Waals surface area contributed by atoms with E-state index >= 15 is 0 Å². The lowest BCUT2D eigenvalue weighted by Crippen LogP contribution is -2.12. The van der Waals surface area contributed by atoms with E-state index in [4.69, 9.17) is 9.47 Å². The van der Waals surface area contributed by atoms with Gasteiger partial charge in [0.05, 0.1) is 19.9 Å². The number of hydrogen-bond donors (Lipinski definition) is 0. The Bertz CT molecular complexity index is 599. The maximum absolute atomic E-state index is 11.6. The van der Waals surface area contributed by atoms with E-state index in [0.29, 0.717) is 5.75 Å². The summed E-state index contributed by atoms with van der Waals surface area (Å²) in [5.41, 5.74) is 1.61. The molecule has 18 heavy (non-hydrogen) atoms. The van der Waals surface area contributed by atoms with Crippen LogP contribution in [0.5, 0.6) is 11.5 Å². The molecule has 2 rings (SSSR count). The van der Waals surface area contributed by atoms with E-state index in [0.717, 1.165) is 17.1 Å². The molecular weight excluding hydrogens is 230 g/mol. The van der Waals surface area contributed by atoms with Crippen LogP contribution >= 0.6 is 0 Å². The smallest absolute Gasteiger partial charge is 0.223 e. The molecule has 0 radical (unpaired) electrons. The van der Waals surface area contributed by atoms with Gasteiger partial charge in [0.15, 0.2) is 5.75 Å². The van der Waals surface area contributed by atoms with Crippen molar-refractivity contribution in [2.75, 3.05) is 14.2 Å². The van der Waals surface area contributed by atoms with Crippen molar-refractivity contribution in [2.45, 2.75) is 6.92 Å². The lowest BCUT2D eigenvalue weighted by atomic mass is 10.2. The monoisotopic (exact) mass is 245 g/mol. The minimum absolute atomic E-state index is 0.111. The molecule has 1 aromatic carbocycles. The average molecular weight is 245 g/mol. The maximum atomic E-state index is 11.6. The molecule has 0 fully saturated rings. The molecular formula is C14H15NO3. The summed E-state index contributed by atoms with van der Waals surface area (Å²) in [4.78, 5) is 11.6. The molecule has 0 N–H and O–H groups in total. The number of nitrogens with zero attached hydrogens (tertiary/aromatic N) is 1. The second kappa shape index (κ2) is 4.96. The zero-order valence-electron chi connectivity index (χ0n) is 10.6. The van der Waals surface area contributed by atoms with Gasteiger partial charge in [0.25, 0.3) is 0 Å². The molecule has 4 heteroatoms. The highest BCUT2D eigenvalue weighted by Gasteiger charge is 2.08. The molecule has 0 aliphatic carbocycles. The van der Waals surface area contributed by atoms with Crippen molar-refractivity contribution in [3.05, 3.63) is 52.4 Å². The summed E-state index contributed by atoms with van der Waals surface area (Å²) in [5.74, 6) is 1.16. The predicted molar refractivity (Wildman–Crippen MR) is 69.9 cm³/mol. The number of hydrogen-bond acceptors (Lipinski definition) is 3. The van der Waals surface area contributed by atoms with Crippen LogP contribution in [0.3, 0.4) is 0 Å². The SMILES string of the molecule is COc1ccc(-n2ccc(=O)c(OC)c2C)cc1. The van der Waals surface area contributed by atoms with Gasteiger partial charge in [-0.1, -0.05) is 0 Å². The van der Waals surface area contributed by atoms with E-state index in [1.807, 2.05) is 35.8 Å². The molecule has 0 unspecified atom stereocenters. The molecule has 1 heterocycles. The summed E-state index contributed by atoms with van der Waals surface area (Å²) < 4.78 is 12.1. The Balaban J connectivity index is 2.53. The van der Waals surface area contributed by atoms with Gasteiger partial charge in [0.1, 0.15) is 5.75 Å². The summed E-state index contributed by atoms with van der Waals surface area (Å²) in [6.45, 7) is 1.85. The highest BCUT2D eigenvalue weighted by atomic mass is 16.5. The zero-order chi connectivity index (χ0) is 13.1. The van der Waals surface area contributed by atoms with E-state index in [1.165, 1.54) is 13.2 Å². The Morgan fingerprint density at radius 3 is 2.22 bits per heavy atom. The first-order chi connectivity index (χ1) is 8.67. The number of benzene rings is 1. The maximum Gasteiger partial charge on any atom is 0.223 e. The Hall–Kier alpha value is -2.23. The van der Waals surface area contributed by atoms with Crippen molar-refractivity contribution in [2.24, 2.45) is 0 Å². The fraction of sp³-hybridized carbons (Fsp3) is 0.214. The minimum Gasteiger partial charge on any atom is -0.497 e. The van der Waals surface area contributed by atoms with Crippen molar-refractivity contribution < 1.29 is 9.47 Å². The first-order valence-corrected chi connectivity index (χ1v) is 5.58. The first kappa shape index (κ1) is 12.2. The van der Waals surface area contributed by atoms with Crippen LogP contribution in [0.1, 0.15) is 5.69 Å². The molecule has 0 saturated heterocycles. The van der Waals surface area contributed by atoms with E-state index in [-0.39, 0.29) is 5.43 Å². The van der Waals surface area contributed by atoms with Crippen LogP contribution in [0.15, 0.2) is 41.3 Å². The average Bonchev–Trinajstić information content (AvgIpc) is 2.40. The third-order valence-electron chi connectivity index (χ3n) is 2.84. The number of methoxy groups -OCH3 is 2. The van der Waals surface area contributed by atoms with E-state index < -0.39 is 0 Å². The van der Waals surface area contributed by atoms with Gasteiger partial charge < -0.3 is 14.0 Å². The summed E-state index contributed by atoms with van der Waals surface area (Å²) in [6, 6.07) is 9.10. The number of pyridine rings is 1. The number of aromatic nitrogens is 1. The van der Waals surface area contributed by atoms with Crippen molar-refractivity contribution in [1.29, 1.82) is 0 Å². The molecule has 0 aliphatic heterocycles. The van der Waals surface area contributed by atoms with Crippen molar-refractivity contribution in [3.63, 3.8) is 0 Å². The van der Waals surface area contributed by atoms with Crippen molar-refractivity contribution >= 4 is 0 Å². The van der Waals surface area contributed by atoms with Gasteiger partial charge in [-0.2, -0.15) is 0 Å². The highest BCUT2D eigenvalue weighted by molar-refractivity contribution is 5.41. The molecule has 4 nitrogen and oxygen atoms in total. The lowest BCUT2D eigenvalue weighted by molar-refractivity contribution is 0.403. The third-order valence-corrected chi connectivity index (χ3v) is 2.84. The quantitative estimate of drug-likeness (QED) is 0.832. The second-order valence-electron chi connectivity index (χ2n) is 3.87. The third kappa shape index (κ3) is 2.09. The minimum atomic E-state index is -0.111.